The molecule has 0 saturated heterocycles. The molecule has 0 radical (unpaired) electrons. The molecule has 630 valence electrons. The third kappa shape index (κ3) is 29.6. The summed E-state index contributed by atoms with van der Waals surface area (Å²) in [6, 6.07) is 73.3. The Kier molecular flexibility index (Phi) is 34.2. The molecule has 0 saturated carbocycles. The van der Waals surface area contributed by atoms with Gasteiger partial charge in [0.25, 0.3) is 11.8 Å². The van der Waals surface area contributed by atoms with Gasteiger partial charge in [0.05, 0.1) is 59.1 Å². The van der Waals surface area contributed by atoms with Gasteiger partial charge in [-0.3, -0.25) is 5.10 Å². The summed E-state index contributed by atoms with van der Waals surface area (Å²) in [4.78, 5) is 23.2. The summed E-state index contributed by atoms with van der Waals surface area (Å²) in [6.45, 7) is 6.81. The summed E-state index contributed by atoms with van der Waals surface area (Å²) in [6.07, 6.45) is 15.8. The minimum Gasteiger partial charge on any atom is -0.507 e. The monoisotopic (exact) mass is 1670 g/mol. The minimum absolute atomic E-state index is 0.0532. The van der Waals surface area contributed by atoms with E-state index in [4.69, 9.17) is 75.8 Å². The number of aromatic nitrogens is 13. The Hall–Kier alpha value is -16.9. The van der Waals surface area contributed by atoms with E-state index in [1.54, 1.807) is 98.7 Å². The fourth-order valence-corrected chi connectivity index (χ4v) is 11.1. The van der Waals surface area contributed by atoms with Crippen LogP contribution in [0.4, 0.5) is 62.0 Å². The van der Waals surface area contributed by atoms with Crippen molar-refractivity contribution in [2.45, 2.75) is 46.5 Å². The van der Waals surface area contributed by atoms with Gasteiger partial charge in [-0.05, 0) is 207 Å². The van der Waals surface area contributed by atoms with Crippen molar-refractivity contribution >= 4 is 79.7 Å². The average Bonchev–Trinajstić information content (AvgIpc) is 1.70. The molecule has 0 unspecified atom stereocenters. The predicted octanol–water partition coefficient (Wildman–Crippen LogP) is 16.7. The Balaban J connectivity index is 0.000000158. The van der Waals surface area contributed by atoms with Crippen molar-refractivity contribution in [1.82, 2.24) is 65.2 Å². The van der Waals surface area contributed by atoms with E-state index in [1.165, 1.54) is 66.8 Å². The van der Waals surface area contributed by atoms with Crippen LogP contribution in [0.25, 0.3) is 73.2 Å². The van der Waals surface area contributed by atoms with E-state index in [-0.39, 0.29) is 40.5 Å². The van der Waals surface area contributed by atoms with Gasteiger partial charge in [0.1, 0.15) is 46.1 Å². The summed E-state index contributed by atoms with van der Waals surface area (Å²) in [5, 5.41) is 73.9. The molecule has 123 heavy (non-hydrogen) atoms. The number of hydrogen-bond donors (Lipinski definition) is 17. The van der Waals surface area contributed by atoms with Gasteiger partial charge in [0, 0.05) is 80.4 Å². The fourth-order valence-electron chi connectivity index (χ4n) is 10.4. The van der Waals surface area contributed by atoms with Gasteiger partial charge >= 0.3 is 0 Å². The van der Waals surface area contributed by atoms with E-state index >= 15 is 0 Å². The standard InChI is InChI=1S/C14H11N3O2.C12H18N2O.C12H11NO.C9H10N4O.C9H9N3O.C9H9N3.C8H8N4OS.C8H7N3O2.C8H11N/c15-10-6-7-12(18)11(8-10)14-16-13(17-19-14)9-4-2-1-3-5-9;1-2-3-4-8-15-10-14-12-7-5-6-11(13)9-12;13-10-6-8-12(9-7-10)14-11-4-2-1-3-5-11;1-5-11-9(13-12-5)7-4-6(10)2-3-8(7)14;10-6-1-2-9(13)7(3-6)8-4-11-5-12-8;10-8-1-3-9(4-2-8)12-6-5-11-7-12;9-4-1-2-6(13)5(3-4)7-11-12-8(10)14-7;9-5-1-2-7(12)6(3-5)8-11-10-4-13-8;1-2-7-4-3-5-8(9)6-7/h1-8,18H,15H2;5-7,9-10H,2-4,8,13H2,1H3;1-9H,13H2;2-4,14H,10H2,1H3,(H,11,12,13);1-5,13H,10H2,(H,11,12);1-7H,10H2;1-3,13H,9H2,(H2,10,12);1-4,12H,9H2;3-6H,2,9H2,1H3. The number of unbranched alkanes of at least 4 members (excludes halogenated alkanes) is 2. The molecule has 0 aliphatic rings. The zero-order valence-electron chi connectivity index (χ0n) is 67.2. The van der Waals surface area contributed by atoms with Crippen molar-refractivity contribution in [3.8, 4) is 113 Å². The number of aliphatic imine (C=N–C) groups is 1. The summed E-state index contributed by atoms with van der Waals surface area (Å²) in [5.41, 5.74) is 69.0. The number of benzene rings is 11. The molecule has 17 aromatic rings. The number of anilines is 10. The summed E-state index contributed by atoms with van der Waals surface area (Å²) >= 11 is 1.20. The van der Waals surface area contributed by atoms with Crippen LogP contribution < -0.4 is 62.1 Å². The molecule has 0 aliphatic heterocycles. The Labute approximate surface area is 711 Å². The summed E-state index contributed by atoms with van der Waals surface area (Å²) in [5.74, 6) is 4.30. The van der Waals surface area contributed by atoms with Crippen molar-refractivity contribution in [3.63, 3.8) is 0 Å². The van der Waals surface area contributed by atoms with Crippen LogP contribution in [0.1, 0.15) is 44.5 Å². The molecule has 0 aliphatic carbocycles. The highest BCUT2D eigenvalue weighted by atomic mass is 32.1. The number of nitrogens with one attached hydrogen (secondary N) is 2. The molecular formula is C89H94N24O9S. The van der Waals surface area contributed by atoms with Crippen molar-refractivity contribution in [2.75, 3.05) is 63.9 Å². The predicted molar refractivity (Wildman–Crippen MR) is 486 cm³/mol. The fraction of sp³-hybridized carbons (Fsp3) is 0.0899. The number of nitrogen functional groups attached to an aromatic ring is 10. The number of H-pyrrole nitrogens is 2. The van der Waals surface area contributed by atoms with Crippen molar-refractivity contribution < 1.29 is 43.9 Å². The van der Waals surface area contributed by atoms with Gasteiger partial charge in [-0.1, -0.05) is 110 Å². The SMILES string of the molecule is CCCCCOC=Nc1cccc(N)c1.CCc1cccc(N)c1.Cc1nc(-c2cc(N)ccc2O)n[nH]1.Nc1ccc(-n2ccnc2)cc1.Nc1ccc(O)c(-c2cnc[nH]2)c1.Nc1ccc(O)c(-c2nc(-c3ccccc3)no2)c1.Nc1ccc(O)c(-c2nnc(N)s2)c1.Nc1ccc(O)c(-c2nnco2)c1.Nc1ccc(Oc2ccccc2)cc1. The number of phenolic OH excluding ortho intramolecular Hbond substituents is 5. The molecule has 0 fully saturated rings. The maximum atomic E-state index is 9.78. The lowest BCUT2D eigenvalue weighted by atomic mass is 10.1. The van der Waals surface area contributed by atoms with Crippen LogP contribution in [0.3, 0.4) is 0 Å². The maximum absolute atomic E-state index is 9.78. The molecule has 34 heteroatoms. The average molecular weight is 1680 g/mol. The number of rotatable bonds is 16. The van der Waals surface area contributed by atoms with E-state index in [2.05, 4.69) is 85.6 Å². The zero-order chi connectivity index (χ0) is 87.8. The second kappa shape index (κ2) is 46.7. The van der Waals surface area contributed by atoms with E-state index in [0.717, 1.165) is 76.3 Å². The number of aryl methyl sites for hydroxylation is 2. The molecule has 11 aromatic carbocycles. The van der Waals surface area contributed by atoms with Gasteiger partial charge in [0.15, 0.2) is 17.2 Å². The van der Waals surface area contributed by atoms with Crippen LogP contribution in [0, 0.1) is 6.92 Å². The van der Waals surface area contributed by atoms with E-state index in [1.807, 2.05) is 162 Å². The van der Waals surface area contributed by atoms with Crippen LogP contribution in [0.2, 0.25) is 0 Å². The molecule has 0 atom stereocenters. The number of nitrogens with zero attached hydrogens (tertiary/aromatic N) is 12. The lowest BCUT2D eigenvalue weighted by Crippen LogP contribution is -1.91. The number of ether oxygens (including phenoxy) is 2. The molecule has 33 nitrogen and oxygen atoms in total. The third-order valence-corrected chi connectivity index (χ3v) is 17.4. The topological polar surface area (TPSA) is 584 Å². The van der Waals surface area contributed by atoms with Crippen LogP contribution in [-0.4, -0.2) is 104 Å². The van der Waals surface area contributed by atoms with Crippen molar-refractivity contribution in [3.05, 3.63) is 298 Å². The van der Waals surface area contributed by atoms with Crippen LogP contribution in [0.15, 0.2) is 300 Å². The molecule has 6 aromatic heterocycles. The van der Waals surface area contributed by atoms with Gasteiger partial charge in [0.2, 0.25) is 17.3 Å². The van der Waals surface area contributed by atoms with E-state index in [0.29, 0.717) is 83.9 Å². The highest BCUT2D eigenvalue weighted by Gasteiger charge is 2.16. The third-order valence-electron chi connectivity index (χ3n) is 16.6. The van der Waals surface area contributed by atoms with Gasteiger partial charge in [-0.2, -0.15) is 10.1 Å². The number of aromatic amines is 2. The van der Waals surface area contributed by atoms with Crippen molar-refractivity contribution in [1.29, 1.82) is 0 Å². The highest BCUT2D eigenvalue weighted by molar-refractivity contribution is 7.18. The second-order valence-corrected chi connectivity index (χ2v) is 27.1. The number of para-hydroxylation sites is 1. The van der Waals surface area contributed by atoms with Gasteiger partial charge in [-0.25, -0.2) is 19.9 Å². The quantitative estimate of drug-likeness (QED) is 0.0140. The minimum atomic E-state index is 0.0532. The number of phenols is 5. The maximum Gasteiger partial charge on any atom is 0.262 e. The highest BCUT2D eigenvalue weighted by Crippen LogP contribution is 2.36. The summed E-state index contributed by atoms with van der Waals surface area (Å²) in [7, 11) is 0. The largest absolute Gasteiger partial charge is 0.507 e. The molecule has 0 spiro atoms. The number of imidazole rings is 2. The first-order valence-electron chi connectivity index (χ1n) is 37.8. The number of hydrogen-bond acceptors (Lipinski definition) is 31. The molecule has 0 bridgehead atoms. The lowest BCUT2D eigenvalue weighted by molar-refractivity contribution is 0.308. The number of aromatic hydroxyl groups is 5. The van der Waals surface area contributed by atoms with Crippen LogP contribution in [0.5, 0.6) is 40.2 Å². The molecule has 17 rings (SSSR count). The first kappa shape index (κ1) is 90.0. The van der Waals surface area contributed by atoms with Gasteiger partial charge < -0.3 is 111 Å². The van der Waals surface area contributed by atoms with Crippen LogP contribution >= 0.6 is 11.3 Å². The first-order valence-corrected chi connectivity index (χ1v) is 38.6. The molecule has 27 N–H and O–H groups in total. The Morgan fingerprint density at radius 2 is 1.03 bits per heavy atom. The lowest BCUT2D eigenvalue weighted by Gasteiger charge is -2.04. The zero-order valence-corrected chi connectivity index (χ0v) is 68.0. The Morgan fingerprint density at radius 3 is 1.56 bits per heavy atom. The smallest absolute Gasteiger partial charge is 0.262 e. The molecule has 0 amide bonds. The Morgan fingerprint density at radius 1 is 0.496 bits per heavy atom. The Bertz CT molecular complexity index is 5830. The van der Waals surface area contributed by atoms with E-state index in [9.17, 15) is 25.5 Å². The van der Waals surface area contributed by atoms with Crippen molar-refractivity contribution in [2.24, 2.45) is 4.99 Å². The van der Waals surface area contributed by atoms with E-state index < -0.39 is 0 Å². The van der Waals surface area contributed by atoms with Gasteiger partial charge in [-0.15, -0.1) is 20.4 Å². The molecular weight excluding hydrogens is 1580 g/mol. The summed E-state index contributed by atoms with van der Waals surface area (Å²) < 4.78 is 22.8. The molecule has 6 heterocycles. The normalized spacial score (nSPS) is 10.2. The number of nitrogens with two attached hydrogens (primary N) is 10. The first-order chi connectivity index (χ1) is 59.5. The second-order valence-electron chi connectivity index (χ2n) is 26.1. The van der Waals surface area contributed by atoms with Crippen LogP contribution in [-0.2, 0) is 11.2 Å².